The van der Waals surface area contributed by atoms with Gasteiger partial charge in [0.2, 0.25) is 5.91 Å². The lowest BCUT2D eigenvalue weighted by Crippen LogP contribution is -2.36. The summed E-state index contributed by atoms with van der Waals surface area (Å²) >= 11 is 1.67. The van der Waals surface area contributed by atoms with Gasteiger partial charge in [0.05, 0.1) is 12.6 Å². The molecule has 1 atom stereocenters. The van der Waals surface area contributed by atoms with Crippen molar-refractivity contribution < 1.29 is 9.90 Å². The normalized spacial score (nSPS) is 12.4. The van der Waals surface area contributed by atoms with Gasteiger partial charge in [0.25, 0.3) is 0 Å². The van der Waals surface area contributed by atoms with Crippen LogP contribution >= 0.6 is 11.3 Å². The van der Waals surface area contributed by atoms with E-state index in [1.165, 1.54) is 4.88 Å². The average molecular weight is 227 g/mol. The zero-order valence-corrected chi connectivity index (χ0v) is 9.72. The van der Waals surface area contributed by atoms with Gasteiger partial charge in [0.1, 0.15) is 0 Å². The maximum absolute atomic E-state index is 11.4. The van der Waals surface area contributed by atoms with Gasteiger partial charge >= 0.3 is 0 Å². The molecule has 3 nitrogen and oxygen atoms in total. The topological polar surface area (TPSA) is 49.3 Å². The van der Waals surface area contributed by atoms with Crippen molar-refractivity contribution in [1.82, 2.24) is 5.32 Å². The van der Waals surface area contributed by atoms with Gasteiger partial charge in [-0.15, -0.1) is 11.3 Å². The number of aliphatic hydroxyl groups is 1. The first-order valence-electron chi connectivity index (χ1n) is 5.18. The molecule has 1 aromatic rings. The summed E-state index contributed by atoms with van der Waals surface area (Å²) < 4.78 is 0. The van der Waals surface area contributed by atoms with E-state index in [0.717, 1.165) is 12.8 Å². The Morgan fingerprint density at radius 3 is 3.00 bits per heavy atom. The molecule has 84 valence electrons. The lowest BCUT2D eigenvalue weighted by molar-refractivity contribution is -0.122. The van der Waals surface area contributed by atoms with Crippen molar-refractivity contribution in [1.29, 1.82) is 0 Å². The van der Waals surface area contributed by atoms with E-state index in [1.807, 2.05) is 24.4 Å². The van der Waals surface area contributed by atoms with Crippen LogP contribution < -0.4 is 5.32 Å². The van der Waals surface area contributed by atoms with Crippen LogP contribution in [0.15, 0.2) is 17.5 Å². The Morgan fingerprint density at radius 1 is 1.67 bits per heavy atom. The first-order valence-corrected chi connectivity index (χ1v) is 6.06. The third-order valence-corrected chi connectivity index (χ3v) is 3.19. The second-order valence-corrected chi connectivity index (χ2v) is 4.47. The van der Waals surface area contributed by atoms with Crippen LogP contribution in [-0.4, -0.2) is 23.7 Å². The van der Waals surface area contributed by atoms with Crippen molar-refractivity contribution in [3.05, 3.63) is 22.4 Å². The molecule has 0 aliphatic rings. The first kappa shape index (κ1) is 12.2. The number of aryl methyl sites for hydroxylation is 1. The molecule has 0 unspecified atom stereocenters. The van der Waals surface area contributed by atoms with Crippen molar-refractivity contribution in [3.63, 3.8) is 0 Å². The maximum Gasteiger partial charge on any atom is 0.220 e. The van der Waals surface area contributed by atoms with E-state index >= 15 is 0 Å². The van der Waals surface area contributed by atoms with Gasteiger partial charge in [-0.2, -0.15) is 0 Å². The average Bonchev–Trinajstić information content (AvgIpc) is 2.75. The molecule has 2 N–H and O–H groups in total. The summed E-state index contributed by atoms with van der Waals surface area (Å²) in [4.78, 5) is 12.7. The van der Waals surface area contributed by atoms with E-state index in [-0.39, 0.29) is 18.6 Å². The second-order valence-electron chi connectivity index (χ2n) is 3.43. The quantitative estimate of drug-likeness (QED) is 0.775. The number of hydrogen-bond donors (Lipinski definition) is 2. The molecule has 1 aromatic heterocycles. The molecule has 0 saturated heterocycles. The van der Waals surface area contributed by atoms with Gasteiger partial charge in [-0.05, 0) is 24.3 Å². The van der Waals surface area contributed by atoms with Crippen molar-refractivity contribution in [2.24, 2.45) is 0 Å². The van der Waals surface area contributed by atoms with Crippen LogP contribution in [-0.2, 0) is 11.2 Å². The molecular formula is C11H17NO2S. The van der Waals surface area contributed by atoms with Crippen LogP contribution in [0.5, 0.6) is 0 Å². The number of amides is 1. The lowest BCUT2D eigenvalue weighted by atomic mass is 10.2. The Bertz CT molecular complexity index is 281. The molecule has 0 spiro atoms. The molecule has 0 fully saturated rings. The summed E-state index contributed by atoms with van der Waals surface area (Å²) in [6.07, 6.45) is 2.05. The van der Waals surface area contributed by atoms with Gasteiger partial charge in [-0.3, -0.25) is 4.79 Å². The highest BCUT2D eigenvalue weighted by molar-refractivity contribution is 7.09. The van der Waals surface area contributed by atoms with E-state index in [1.54, 1.807) is 11.3 Å². The third-order valence-electron chi connectivity index (χ3n) is 2.26. The van der Waals surface area contributed by atoms with Crippen LogP contribution in [0.25, 0.3) is 0 Å². The molecule has 0 saturated carbocycles. The molecule has 1 amide bonds. The van der Waals surface area contributed by atoms with Gasteiger partial charge in [-0.1, -0.05) is 13.0 Å². The highest BCUT2D eigenvalue weighted by atomic mass is 32.1. The predicted molar refractivity (Wildman–Crippen MR) is 61.9 cm³/mol. The minimum absolute atomic E-state index is 0.0151. The Balaban J connectivity index is 2.24. The molecule has 0 radical (unpaired) electrons. The van der Waals surface area contributed by atoms with Crippen LogP contribution in [0, 0.1) is 0 Å². The second kappa shape index (κ2) is 6.58. The fourth-order valence-electron chi connectivity index (χ4n) is 1.27. The molecule has 0 aliphatic heterocycles. The van der Waals surface area contributed by atoms with E-state index < -0.39 is 0 Å². The highest BCUT2D eigenvalue weighted by Gasteiger charge is 2.08. The van der Waals surface area contributed by atoms with Crippen LogP contribution in [0.2, 0.25) is 0 Å². The zero-order valence-electron chi connectivity index (χ0n) is 8.90. The summed E-state index contributed by atoms with van der Waals surface area (Å²) in [6.45, 7) is 1.96. The number of aliphatic hydroxyl groups excluding tert-OH is 1. The first-order chi connectivity index (χ1) is 7.26. The van der Waals surface area contributed by atoms with E-state index in [4.69, 9.17) is 5.11 Å². The van der Waals surface area contributed by atoms with Crippen molar-refractivity contribution in [2.45, 2.75) is 32.2 Å². The summed E-state index contributed by atoms with van der Waals surface area (Å²) in [6, 6.07) is 3.92. The molecule has 0 bridgehead atoms. The number of carbonyl (C=O) groups excluding carboxylic acids is 1. The van der Waals surface area contributed by atoms with Crippen molar-refractivity contribution >= 4 is 17.2 Å². The molecule has 15 heavy (non-hydrogen) atoms. The van der Waals surface area contributed by atoms with Crippen LogP contribution in [0.4, 0.5) is 0 Å². The van der Waals surface area contributed by atoms with Gasteiger partial charge in [0, 0.05) is 11.3 Å². The minimum Gasteiger partial charge on any atom is -0.394 e. The van der Waals surface area contributed by atoms with Gasteiger partial charge < -0.3 is 10.4 Å². The van der Waals surface area contributed by atoms with E-state index in [9.17, 15) is 4.79 Å². The Morgan fingerprint density at radius 2 is 2.47 bits per heavy atom. The molecule has 1 rings (SSSR count). The third kappa shape index (κ3) is 4.44. The fourth-order valence-corrected chi connectivity index (χ4v) is 1.98. The number of thiophene rings is 1. The largest absolute Gasteiger partial charge is 0.394 e. The maximum atomic E-state index is 11.4. The summed E-state index contributed by atoms with van der Waals surface area (Å²) in [5, 5.41) is 13.7. The lowest BCUT2D eigenvalue weighted by Gasteiger charge is -2.13. The standard InChI is InChI=1S/C11H17NO2S/c1-2-9(8-13)12-11(14)6-5-10-4-3-7-15-10/h3-4,7,9,13H,2,5-6,8H2,1H3,(H,12,14)/t9-/m1/s1. The predicted octanol–water partition coefficient (Wildman–Crippen LogP) is 1.57. The van der Waals surface area contributed by atoms with E-state index in [2.05, 4.69) is 5.32 Å². The minimum atomic E-state index is -0.0964. The number of rotatable bonds is 6. The summed E-state index contributed by atoms with van der Waals surface area (Å²) in [5.74, 6) is 0.0179. The number of carbonyl (C=O) groups is 1. The van der Waals surface area contributed by atoms with Crippen molar-refractivity contribution in [2.75, 3.05) is 6.61 Å². The molecule has 1 heterocycles. The Labute approximate surface area is 94.1 Å². The van der Waals surface area contributed by atoms with Crippen molar-refractivity contribution in [3.8, 4) is 0 Å². The zero-order chi connectivity index (χ0) is 11.1. The summed E-state index contributed by atoms with van der Waals surface area (Å²) in [5.41, 5.74) is 0. The smallest absolute Gasteiger partial charge is 0.220 e. The highest BCUT2D eigenvalue weighted by Crippen LogP contribution is 2.10. The SMILES string of the molecule is CC[C@H](CO)NC(=O)CCc1cccs1. The molecule has 0 aromatic carbocycles. The number of hydrogen-bond acceptors (Lipinski definition) is 3. The fraction of sp³-hybridized carbons (Fsp3) is 0.545. The van der Waals surface area contributed by atoms with Crippen LogP contribution in [0.1, 0.15) is 24.6 Å². The molecule has 0 aliphatic carbocycles. The monoisotopic (exact) mass is 227 g/mol. The molecular weight excluding hydrogens is 210 g/mol. The molecule has 4 heteroatoms. The van der Waals surface area contributed by atoms with E-state index in [0.29, 0.717) is 6.42 Å². The Hall–Kier alpha value is -0.870. The summed E-state index contributed by atoms with van der Waals surface area (Å²) in [7, 11) is 0. The van der Waals surface area contributed by atoms with Gasteiger partial charge in [-0.25, -0.2) is 0 Å². The van der Waals surface area contributed by atoms with Gasteiger partial charge in [0.15, 0.2) is 0 Å². The van der Waals surface area contributed by atoms with Crippen LogP contribution in [0.3, 0.4) is 0 Å². The number of nitrogens with one attached hydrogen (secondary N) is 1. The Kier molecular flexibility index (Phi) is 5.36.